The molecule has 1 aliphatic heterocycles. The van der Waals surface area contributed by atoms with Crippen LogP contribution in [0.25, 0.3) is 0 Å². The van der Waals surface area contributed by atoms with Gasteiger partial charge in [-0.2, -0.15) is 0 Å². The molecule has 9 N–H and O–H groups in total. The Morgan fingerprint density at radius 3 is 1.87 bits per heavy atom. The van der Waals surface area contributed by atoms with E-state index in [0.29, 0.717) is 0 Å². The Morgan fingerprint density at radius 2 is 1.39 bits per heavy atom. The molecule has 0 bridgehead atoms. The molecular weight excluding hydrogens is 320 g/mol. The third-order valence-corrected chi connectivity index (χ3v) is 3.62. The summed E-state index contributed by atoms with van der Waals surface area (Å²) in [5.41, 5.74) is 0. The summed E-state index contributed by atoms with van der Waals surface area (Å²) in [6.07, 6.45) is -15.1. The zero-order valence-corrected chi connectivity index (χ0v) is 12.2. The first-order valence-corrected chi connectivity index (χ1v) is 7.00. The summed E-state index contributed by atoms with van der Waals surface area (Å²) in [5.74, 6) is 0. The van der Waals surface area contributed by atoms with Gasteiger partial charge in [-0.1, -0.05) is 0 Å². The molecule has 0 aromatic heterocycles. The lowest BCUT2D eigenvalue weighted by atomic mass is 9.98. The molecule has 0 radical (unpaired) electrons. The molecule has 0 aliphatic carbocycles. The first kappa shape index (κ1) is 20.6. The second kappa shape index (κ2) is 9.15. The van der Waals surface area contributed by atoms with Gasteiger partial charge in [0.15, 0.2) is 6.29 Å². The first-order valence-electron chi connectivity index (χ1n) is 7.00. The first-order chi connectivity index (χ1) is 10.8. The molecular formula is C12H24O11. The molecule has 138 valence electrons. The summed E-state index contributed by atoms with van der Waals surface area (Å²) >= 11 is 0. The SMILES string of the molecule is OC[C@@H](O)[C@@H](O[C@@H]1O[C@H](CO)[C@H](O)C(O)[C@H]1O)[C@H](O)[C@@H](O)CO. The quantitative estimate of drug-likeness (QED) is 0.203. The van der Waals surface area contributed by atoms with E-state index >= 15 is 0 Å². The highest BCUT2D eigenvalue weighted by Crippen LogP contribution is 2.24. The molecule has 0 aromatic rings. The monoisotopic (exact) mass is 344 g/mol. The minimum absolute atomic E-state index is 0.708. The number of hydrogen-bond acceptors (Lipinski definition) is 11. The molecule has 1 unspecified atom stereocenters. The zero-order chi connectivity index (χ0) is 17.7. The summed E-state index contributed by atoms with van der Waals surface area (Å²) < 4.78 is 10.1. The Morgan fingerprint density at radius 1 is 0.826 bits per heavy atom. The molecule has 0 amide bonds. The van der Waals surface area contributed by atoms with E-state index in [1.165, 1.54) is 0 Å². The van der Waals surface area contributed by atoms with Crippen LogP contribution in [-0.4, -0.2) is 121 Å². The highest BCUT2D eigenvalue weighted by Gasteiger charge is 2.46. The van der Waals surface area contributed by atoms with Crippen molar-refractivity contribution in [2.75, 3.05) is 19.8 Å². The van der Waals surface area contributed by atoms with E-state index < -0.39 is 74.9 Å². The summed E-state index contributed by atoms with van der Waals surface area (Å²) in [6, 6.07) is 0. The van der Waals surface area contributed by atoms with Crippen LogP contribution in [-0.2, 0) is 9.47 Å². The Labute approximate surface area is 131 Å². The van der Waals surface area contributed by atoms with Gasteiger partial charge >= 0.3 is 0 Å². The van der Waals surface area contributed by atoms with Gasteiger partial charge in [-0.25, -0.2) is 0 Å². The molecule has 1 rings (SSSR count). The van der Waals surface area contributed by atoms with Gasteiger partial charge in [0.25, 0.3) is 0 Å². The van der Waals surface area contributed by atoms with Crippen LogP contribution >= 0.6 is 0 Å². The molecule has 11 nitrogen and oxygen atoms in total. The fraction of sp³-hybridized carbons (Fsp3) is 1.00. The molecule has 0 saturated carbocycles. The Kier molecular flexibility index (Phi) is 8.20. The maximum Gasteiger partial charge on any atom is 0.187 e. The standard InChI is InChI=1S/C12H24O11/c13-1-4(16)7(18)11(5(17)2-14)23-12-10(21)9(20)8(19)6(3-15)22-12/h4-21H,1-3H2/t4-,5+,6+,7+,8-,9?,10+,11+,12-/m0/s1. The minimum atomic E-state index is -1.85. The summed E-state index contributed by atoms with van der Waals surface area (Å²) in [7, 11) is 0. The molecule has 0 aromatic carbocycles. The lowest BCUT2D eigenvalue weighted by Gasteiger charge is -2.42. The van der Waals surface area contributed by atoms with E-state index in [-0.39, 0.29) is 0 Å². The second-order valence-corrected chi connectivity index (χ2v) is 5.29. The topological polar surface area (TPSA) is 201 Å². The van der Waals surface area contributed by atoms with Gasteiger partial charge in [-0.3, -0.25) is 0 Å². The van der Waals surface area contributed by atoms with Gasteiger partial charge in [-0.05, 0) is 0 Å². The van der Waals surface area contributed by atoms with Crippen LogP contribution in [0.5, 0.6) is 0 Å². The van der Waals surface area contributed by atoms with Gasteiger partial charge < -0.3 is 55.4 Å². The normalized spacial score (nSPS) is 37.2. The largest absolute Gasteiger partial charge is 0.394 e. The van der Waals surface area contributed by atoms with Gasteiger partial charge in [-0.15, -0.1) is 0 Å². The van der Waals surface area contributed by atoms with Crippen molar-refractivity contribution in [3.63, 3.8) is 0 Å². The van der Waals surface area contributed by atoms with Crippen molar-refractivity contribution in [1.29, 1.82) is 0 Å². The summed E-state index contributed by atoms with van der Waals surface area (Å²) in [6.45, 7) is -2.45. The lowest BCUT2D eigenvalue weighted by molar-refractivity contribution is -0.327. The van der Waals surface area contributed by atoms with Crippen molar-refractivity contribution in [3.05, 3.63) is 0 Å². The van der Waals surface area contributed by atoms with Crippen LogP contribution in [0.1, 0.15) is 0 Å². The van der Waals surface area contributed by atoms with E-state index in [1.54, 1.807) is 0 Å². The number of aliphatic hydroxyl groups is 9. The average molecular weight is 344 g/mol. The third kappa shape index (κ3) is 4.78. The lowest BCUT2D eigenvalue weighted by Crippen LogP contribution is -2.61. The van der Waals surface area contributed by atoms with Crippen molar-refractivity contribution in [1.82, 2.24) is 0 Å². The number of hydrogen-bond donors (Lipinski definition) is 9. The second-order valence-electron chi connectivity index (χ2n) is 5.29. The van der Waals surface area contributed by atoms with Gasteiger partial charge in [0, 0.05) is 0 Å². The average Bonchev–Trinajstić information content (AvgIpc) is 2.57. The van der Waals surface area contributed by atoms with E-state index in [1.807, 2.05) is 0 Å². The fourth-order valence-corrected chi connectivity index (χ4v) is 2.16. The van der Waals surface area contributed by atoms with Crippen LogP contribution in [0.4, 0.5) is 0 Å². The van der Waals surface area contributed by atoms with Crippen molar-refractivity contribution < 1.29 is 55.4 Å². The maximum absolute atomic E-state index is 9.83. The van der Waals surface area contributed by atoms with Crippen LogP contribution < -0.4 is 0 Å². The van der Waals surface area contributed by atoms with Crippen LogP contribution in [0.15, 0.2) is 0 Å². The van der Waals surface area contributed by atoms with Gasteiger partial charge in [0.05, 0.1) is 19.8 Å². The molecule has 1 fully saturated rings. The predicted molar refractivity (Wildman–Crippen MR) is 70.8 cm³/mol. The molecule has 11 heteroatoms. The molecule has 1 saturated heterocycles. The number of ether oxygens (including phenoxy) is 2. The van der Waals surface area contributed by atoms with E-state index in [2.05, 4.69) is 0 Å². The Hall–Kier alpha value is -0.440. The zero-order valence-electron chi connectivity index (χ0n) is 12.2. The highest BCUT2D eigenvalue weighted by atomic mass is 16.7. The molecule has 1 heterocycles. The van der Waals surface area contributed by atoms with Crippen LogP contribution in [0, 0.1) is 0 Å². The smallest absolute Gasteiger partial charge is 0.187 e. The molecule has 9 atom stereocenters. The Bertz CT molecular complexity index is 341. The summed E-state index contributed by atoms with van der Waals surface area (Å²) in [5, 5.41) is 84.9. The predicted octanol–water partition coefficient (Wildman–Crippen LogP) is -5.76. The molecule has 0 spiro atoms. The minimum Gasteiger partial charge on any atom is -0.394 e. The van der Waals surface area contributed by atoms with Gasteiger partial charge in [0.2, 0.25) is 0 Å². The van der Waals surface area contributed by atoms with Gasteiger partial charge in [0.1, 0.15) is 48.8 Å². The van der Waals surface area contributed by atoms with E-state index in [4.69, 9.17) is 24.8 Å². The Balaban J connectivity index is 2.89. The molecule has 23 heavy (non-hydrogen) atoms. The molecule has 1 aliphatic rings. The number of aliphatic hydroxyl groups excluding tert-OH is 9. The van der Waals surface area contributed by atoms with E-state index in [9.17, 15) is 30.6 Å². The summed E-state index contributed by atoms with van der Waals surface area (Å²) in [4.78, 5) is 0. The maximum atomic E-state index is 9.83. The number of rotatable bonds is 8. The van der Waals surface area contributed by atoms with Crippen LogP contribution in [0.2, 0.25) is 0 Å². The van der Waals surface area contributed by atoms with Crippen molar-refractivity contribution in [3.8, 4) is 0 Å². The highest BCUT2D eigenvalue weighted by molar-refractivity contribution is 4.91. The van der Waals surface area contributed by atoms with Crippen molar-refractivity contribution in [2.24, 2.45) is 0 Å². The van der Waals surface area contributed by atoms with Crippen molar-refractivity contribution >= 4 is 0 Å². The van der Waals surface area contributed by atoms with E-state index in [0.717, 1.165) is 0 Å². The van der Waals surface area contributed by atoms with Crippen molar-refractivity contribution in [2.45, 2.75) is 55.1 Å². The van der Waals surface area contributed by atoms with Crippen LogP contribution in [0.3, 0.4) is 0 Å². The third-order valence-electron chi connectivity index (χ3n) is 3.62. The fourth-order valence-electron chi connectivity index (χ4n) is 2.16.